The van der Waals surface area contributed by atoms with Crippen molar-refractivity contribution >= 4 is 23.8 Å². The van der Waals surface area contributed by atoms with Crippen LogP contribution in [0.2, 0.25) is 0 Å². The van der Waals surface area contributed by atoms with Gasteiger partial charge >= 0.3 is 6.03 Å². The monoisotopic (exact) mass is 542 g/mol. The molecule has 3 rings (SSSR count). The average molecular weight is 543 g/mol. The summed E-state index contributed by atoms with van der Waals surface area (Å²) in [6.07, 6.45) is 0.808. The second-order valence-electron chi connectivity index (χ2n) is 9.61. The second-order valence-corrected chi connectivity index (χ2v) is 9.61. The maximum absolute atomic E-state index is 13.8. The van der Waals surface area contributed by atoms with Gasteiger partial charge < -0.3 is 21.3 Å². The van der Waals surface area contributed by atoms with Crippen molar-refractivity contribution in [2.45, 2.75) is 38.3 Å². The van der Waals surface area contributed by atoms with Gasteiger partial charge in [-0.05, 0) is 36.5 Å². The molecule has 40 heavy (non-hydrogen) atoms. The van der Waals surface area contributed by atoms with Crippen LogP contribution in [0.4, 0.5) is 4.79 Å². The van der Waals surface area contributed by atoms with Gasteiger partial charge in [0.1, 0.15) is 6.04 Å². The summed E-state index contributed by atoms with van der Waals surface area (Å²) in [6, 6.07) is 25.8. The number of aliphatic imine (C=N–C) groups is 1. The van der Waals surface area contributed by atoms with Gasteiger partial charge in [-0.15, -0.1) is 0 Å². The van der Waals surface area contributed by atoms with E-state index < -0.39 is 18.0 Å². The molecule has 210 valence electrons. The minimum atomic E-state index is -0.777. The number of carbonyl (C=O) groups is 3. The van der Waals surface area contributed by atoms with Crippen molar-refractivity contribution in [2.75, 3.05) is 20.6 Å². The highest BCUT2D eigenvalue weighted by Gasteiger charge is 2.29. The summed E-state index contributed by atoms with van der Waals surface area (Å²) in [5.41, 5.74) is 9.56. The molecular formula is C31H38N6O3. The molecule has 0 bridgehead atoms. The standard InChI is InChI=1S/C31H38N6O3/c1-22-16-18-23(19-17-22)21-37(3)29(39)26(15-10-20-34-30(32)36-31(40)33-2)35-28(38)27(24-11-6-4-7-12-24)25-13-8-5-9-14-25/h4-9,11-14,16-19,26-27H,10,15,20-21H2,1-3H3,(H,35,38)(H4,32,33,34,36,40). The van der Waals surface area contributed by atoms with Crippen LogP contribution in [0.25, 0.3) is 0 Å². The van der Waals surface area contributed by atoms with Gasteiger partial charge in [0, 0.05) is 27.2 Å². The summed E-state index contributed by atoms with van der Waals surface area (Å²) in [5.74, 6) is -1.06. The molecule has 5 N–H and O–H groups in total. The molecule has 1 unspecified atom stereocenters. The molecule has 4 amide bonds. The third kappa shape index (κ3) is 8.97. The Hall–Kier alpha value is -4.66. The molecule has 9 heteroatoms. The summed E-state index contributed by atoms with van der Waals surface area (Å²) in [5, 5.41) is 7.84. The number of amides is 4. The lowest BCUT2D eigenvalue weighted by atomic mass is 9.90. The molecule has 0 radical (unpaired) electrons. The fourth-order valence-corrected chi connectivity index (χ4v) is 4.32. The van der Waals surface area contributed by atoms with E-state index in [4.69, 9.17) is 5.73 Å². The number of guanidine groups is 1. The van der Waals surface area contributed by atoms with Gasteiger partial charge in [0.2, 0.25) is 11.8 Å². The highest BCUT2D eigenvalue weighted by atomic mass is 16.2. The zero-order chi connectivity index (χ0) is 28.9. The largest absolute Gasteiger partial charge is 0.370 e. The van der Waals surface area contributed by atoms with E-state index in [9.17, 15) is 14.4 Å². The molecule has 0 saturated heterocycles. The first-order valence-corrected chi connectivity index (χ1v) is 13.3. The number of carbonyl (C=O) groups excluding carboxylic acids is 3. The minimum absolute atomic E-state index is 0.0176. The van der Waals surface area contributed by atoms with E-state index >= 15 is 0 Å². The maximum Gasteiger partial charge on any atom is 0.321 e. The van der Waals surface area contributed by atoms with E-state index in [1.807, 2.05) is 91.9 Å². The number of urea groups is 1. The van der Waals surface area contributed by atoms with E-state index in [1.54, 1.807) is 11.9 Å². The van der Waals surface area contributed by atoms with Crippen molar-refractivity contribution in [3.05, 3.63) is 107 Å². The van der Waals surface area contributed by atoms with Gasteiger partial charge in [0.05, 0.1) is 5.92 Å². The Morgan fingerprint density at radius 2 is 1.48 bits per heavy atom. The molecule has 0 aliphatic heterocycles. The molecule has 0 saturated carbocycles. The number of nitrogens with one attached hydrogen (secondary N) is 3. The number of nitrogens with two attached hydrogens (primary N) is 1. The minimum Gasteiger partial charge on any atom is -0.370 e. The molecule has 0 spiro atoms. The predicted molar refractivity (Wildman–Crippen MR) is 158 cm³/mol. The molecular weight excluding hydrogens is 504 g/mol. The molecule has 0 aliphatic carbocycles. The molecule has 0 aromatic heterocycles. The number of likely N-dealkylation sites (N-methyl/N-ethyl adjacent to an activating group) is 1. The van der Waals surface area contributed by atoms with E-state index in [1.165, 1.54) is 7.05 Å². The van der Waals surface area contributed by atoms with E-state index in [0.29, 0.717) is 19.4 Å². The molecule has 1 atom stereocenters. The number of rotatable bonds is 11. The number of aryl methyl sites for hydroxylation is 1. The summed E-state index contributed by atoms with van der Waals surface area (Å²) in [6.45, 7) is 2.70. The zero-order valence-electron chi connectivity index (χ0n) is 23.3. The normalized spacial score (nSPS) is 11.9. The Morgan fingerprint density at radius 3 is 2.02 bits per heavy atom. The quantitative estimate of drug-likeness (QED) is 0.168. The number of benzene rings is 3. The summed E-state index contributed by atoms with van der Waals surface area (Å²) >= 11 is 0. The van der Waals surface area contributed by atoms with Crippen LogP contribution in [-0.2, 0) is 16.1 Å². The maximum atomic E-state index is 13.8. The molecule has 9 nitrogen and oxygen atoms in total. The lowest BCUT2D eigenvalue weighted by molar-refractivity contribution is -0.136. The summed E-state index contributed by atoms with van der Waals surface area (Å²) in [4.78, 5) is 44.7. The first-order chi connectivity index (χ1) is 19.3. The number of hydrogen-bond acceptors (Lipinski definition) is 4. The zero-order valence-corrected chi connectivity index (χ0v) is 23.3. The first kappa shape index (κ1) is 29.9. The summed E-state index contributed by atoms with van der Waals surface area (Å²) in [7, 11) is 3.21. The van der Waals surface area contributed by atoms with E-state index in [0.717, 1.165) is 22.3 Å². The topological polar surface area (TPSA) is 129 Å². The highest BCUT2D eigenvalue weighted by molar-refractivity contribution is 5.95. The molecule has 0 aliphatic rings. The van der Waals surface area contributed by atoms with Crippen molar-refractivity contribution in [1.82, 2.24) is 20.9 Å². The fraction of sp³-hybridized carbons (Fsp3) is 0.290. The SMILES string of the molecule is CNC(=O)NC(N)=NCCCC(NC(=O)C(c1ccccc1)c1ccccc1)C(=O)N(C)Cc1ccc(C)cc1. The molecule has 0 fully saturated rings. The van der Waals surface area contributed by atoms with E-state index in [-0.39, 0.29) is 24.3 Å². The van der Waals surface area contributed by atoms with Crippen molar-refractivity contribution in [3.8, 4) is 0 Å². The lowest BCUT2D eigenvalue weighted by Gasteiger charge is -2.27. The molecule has 3 aromatic carbocycles. The lowest BCUT2D eigenvalue weighted by Crippen LogP contribution is -2.48. The van der Waals surface area contributed by atoms with Crippen molar-refractivity contribution < 1.29 is 14.4 Å². The Morgan fingerprint density at radius 1 is 0.900 bits per heavy atom. The van der Waals surface area contributed by atoms with Crippen LogP contribution in [0.3, 0.4) is 0 Å². The molecule has 0 heterocycles. The Bertz CT molecular complexity index is 1240. The first-order valence-electron chi connectivity index (χ1n) is 13.3. The van der Waals surface area contributed by atoms with Gasteiger partial charge in [-0.2, -0.15) is 0 Å². The average Bonchev–Trinajstić information content (AvgIpc) is 2.96. The van der Waals surface area contributed by atoms with Crippen molar-refractivity contribution in [3.63, 3.8) is 0 Å². The van der Waals surface area contributed by atoms with Crippen LogP contribution in [0.15, 0.2) is 89.9 Å². The Balaban J connectivity index is 1.79. The van der Waals surface area contributed by atoms with Gasteiger partial charge in [0.25, 0.3) is 0 Å². The van der Waals surface area contributed by atoms with E-state index in [2.05, 4.69) is 20.9 Å². The van der Waals surface area contributed by atoms with Gasteiger partial charge in [-0.3, -0.25) is 19.9 Å². The van der Waals surface area contributed by atoms with Crippen LogP contribution < -0.4 is 21.7 Å². The number of hydrogen-bond donors (Lipinski definition) is 4. The van der Waals surface area contributed by atoms with Gasteiger partial charge in [0.15, 0.2) is 5.96 Å². The third-order valence-corrected chi connectivity index (χ3v) is 6.46. The molecule has 3 aromatic rings. The van der Waals surface area contributed by atoms with Gasteiger partial charge in [-0.25, -0.2) is 4.79 Å². The number of nitrogens with zero attached hydrogens (tertiary/aromatic N) is 2. The van der Waals surface area contributed by atoms with Crippen LogP contribution in [-0.4, -0.2) is 55.4 Å². The summed E-state index contributed by atoms with van der Waals surface area (Å²) < 4.78 is 0. The van der Waals surface area contributed by atoms with Crippen LogP contribution in [0.5, 0.6) is 0 Å². The fourth-order valence-electron chi connectivity index (χ4n) is 4.32. The van der Waals surface area contributed by atoms with Crippen LogP contribution in [0.1, 0.15) is 41.0 Å². The Kier molecular flexibility index (Phi) is 11.3. The predicted octanol–water partition coefficient (Wildman–Crippen LogP) is 3.29. The van der Waals surface area contributed by atoms with Crippen LogP contribution in [0, 0.1) is 6.92 Å². The van der Waals surface area contributed by atoms with Gasteiger partial charge in [-0.1, -0.05) is 90.5 Å². The van der Waals surface area contributed by atoms with Crippen molar-refractivity contribution in [2.24, 2.45) is 10.7 Å². The van der Waals surface area contributed by atoms with Crippen molar-refractivity contribution in [1.29, 1.82) is 0 Å². The second kappa shape index (κ2) is 15.1. The third-order valence-electron chi connectivity index (χ3n) is 6.46. The Labute approximate surface area is 235 Å². The highest BCUT2D eigenvalue weighted by Crippen LogP contribution is 2.25. The van der Waals surface area contributed by atoms with Crippen LogP contribution >= 0.6 is 0 Å². The smallest absolute Gasteiger partial charge is 0.321 e.